The maximum atomic E-state index is 12.5. The van der Waals surface area contributed by atoms with Crippen molar-refractivity contribution in [1.29, 1.82) is 0 Å². The van der Waals surface area contributed by atoms with Crippen LogP contribution in [0.15, 0.2) is 15.7 Å². The Morgan fingerprint density at radius 2 is 2.37 bits per heavy atom. The van der Waals surface area contributed by atoms with E-state index in [4.69, 9.17) is 21.4 Å². The third kappa shape index (κ3) is 3.09. The number of carboxylic acid groups (broad SMARTS) is 1. The Kier molecular flexibility index (Phi) is 4.46. The van der Waals surface area contributed by atoms with Gasteiger partial charge < -0.3 is 9.84 Å². The SMILES string of the molecule is O=C(O)CC1COCCN1S(=O)(=O)c1sccc1Cl. The Morgan fingerprint density at radius 3 is 2.95 bits per heavy atom. The second kappa shape index (κ2) is 5.76. The van der Waals surface area contributed by atoms with E-state index in [1.165, 1.54) is 10.4 Å². The molecule has 1 fully saturated rings. The fourth-order valence-electron chi connectivity index (χ4n) is 1.89. The molecule has 0 bridgehead atoms. The Balaban J connectivity index is 2.32. The zero-order valence-corrected chi connectivity index (χ0v) is 12.2. The van der Waals surface area contributed by atoms with Crippen LogP contribution in [0.4, 0.5) is 0 Å². The molecule has 0 saturated carbocycles. The van der Waals surface area contributed by atoms with Crippen LogP contribution in [0.25, 0.3) is 0 Å². The third-order valence-corrected chi connectivity index (χ3v) is 6.66. The highest BCUT2D eigenvalue weighted by Gasteiger charge is 2.36. The second-order valence-corrected chi connectivity index (χ2v) is 7.41. The van der Waals surface area contributed by atoms with Crippen molar-refractivity contribution < 1.29 is 23.1 Å². The maximum Gasteiger partial charge on any atom is 0.305 e. The summed E-state index contributed by atoms with van der Waals surface area (Å²) in [6, 6.07) is 0.806. The van der Waals surface area contributed by atoms with Gasteiger partial charge in [0.2, 0.25) is 0 Å². The molecule has 2 heterocycles. The molecule has 9 heteroatoms. The topological polar surface area (TPSA) is 83.9 Å². The van der Waals surface area contributed by atoms with Crippen molar-refractivity contribution >= 4 is 38.9 Å². The van der Waals surface area contributed by atoms with E-state index in [1.807, 2.05) is 0 Å². The van der Waals surface area contributed by atoms with Gasteiger partial charge in [-0.15, -0.1) is 11.3 Å². The number of morpholine rings is 1. The molecule has 6 nitrogen and oxygen atoms in total. The first kappa shape index (κ1) is 14.7. The predicted molar refractivity (Wildman–Crippen MR) is 70.1 cm³/mol. The highest BCUT2D eigenvalue weighted by atomic mass is 35.5. The molecular weight excluding hydrogens is 314 g/mol. The van der Waals surface area contributed by atoms with Gasteiger partial charge >= 0.3 is 5.97 Å². The molecule has 1 saturated heterocycles. The minimum absolute atomic E-state index is 0.0476. The van der Waals surface area contributed by atoms with E-state index in [1.54, 1.807) is 5.38 Å². The highest BCUT2D eigenvalue weighted by Crippen LogP contribution is 2.32. The minimum Gasteiger partial charge on any atom is -0.481 e. The van der Waals surface area contributed by atoms with Crippen LogP contribution in [-0.4, -0.2) is 49.6 Å². The molecule has 0 amide bonds. The van der Waals surface area contributed by atoms with Crippen molar-refractivity contribution in [2.45, 2.75) is 16.7 Å². The van der Waals surface area contributed by atoms with Crippen molar-refractivity contribution in [3.8, 4) is 0 Å². The zero-order chi connectivity index (χ0) is 14.0. The number of ether oxygens (including phenoxy) is 1. The smallest absolute Gasteiger partial charge is 0.305 e. The molecule has 1 aliphatic rings. The summed E-state index contributed by atoms with van der Waals surface area (Å²) >= 11 is 6.88. The monoisotopic (exact) mass is 325 g/mol. The van der Waals surface area contributed by atoms with Crippen molar-refractivity contribution in [2.75, 3.05) is 19.8 Å². The number of sulfonamides is 1. The van der Waals surface area contributed by atoms with E-state index in [2.05, 4.69) is 0 Å². The lowest BCUT2D eigenvalue weighted by molar-refractivity contribution is -0.139. The number of hydrogen-bond donors (Lipinski definition) is 1. The fourth-order valence-corrected chi connectivity index (χ4v) is 5.27. The first-order valence-electron chi connectivity index (χ1n) is 5.47. The number of hydrogen-bond acceptors (Lipinski definition) is 5. The molecule has 1 aromatic heterocycles. The lowest BCUT2D eigenvalue weighted by Crippen LogP contribution is -2.49. The van der Waals surface area contributed by atoms with Crippen molar-refractivity contribution in [2.24, 2.45) is 0 Å². The van der Waals surface area contributed by atoms with Crippen LogP contribution in [0, 0.1) is 0 Å². The van der Waals surface area contributed by atoms with Gasteiger partial charge in [-0.2, -0.15) is 4.31 Å². The summed E-state index contributed by atoms with van der Waals surface area (Å²) in [5.41, 5.74) is 0. The average molecular weight is 326 g/mol. The van der Waals surface area contributed by atoms with Gasteiger partial charge in [0.05, 0.1) is 30.7 Å². The van der Waals surface area contributed by atoms with E-state index in [0.29, 0.717) is 0 Å². The first-order chi connectivity index (χ1) is 8.93. The number of thiophene rings is 1. The van der Waals surface area contributed by atoms with Crippen LogP contribution in [0.5, 0.6) is 0 Å². The van der Waals surface area contributed by atoms with E-state index in [0.717, 1.165) is 11.3 Å². The molecule has 1 unspecified atom stereocenters. The van der Waals surface area contributed by atoms with Gasteiger partial charge in [-0.3, -0.25) is 4.79 Å². The number of carboxylic acids is 1. The number of carbonyl (C=O) groups is 1. The number of rotatable bonds is 4. The van der Waals surface area contributed by atoms with Gasteiger partial charge in [-0.05, 0) is 11.4 Å². The molecule has 1 N–H and O–H groups in total. The summed E-state index contributed by atoms with van der Waals surface area (Å²) in [4.78, 5) is 10.8. The largest absolute Gasteiger partial charge is 0.481 e. The molecule has 106 valence electrons. The minimum atomic E-state index is -3.77. The maximum absolute atomic E-state index is 12.5. The van der Waals surface area contributed by atoms with E-state index in [-0.39, 0.29) is 35.4 Å². The summed E-state index contributed by atoms with van der Waals surface area (Å²) in [7, 11) is -3.77. The summed E-state index contributed by atoms with van der Waals surface area (Å²) < 4.78 is 31.3. The van der Waals surface area contributed by atoms with Crippen LogP contribution >= 0.6 is 22.9 Å². The van der Waals surface area contributed by atoms with Gasteiger partial charge in [-0.25, -0.2) is 8.42 Å². The molecule has 1 aliphatic heterocycles. The molecule has 0 aliphatic carbocycles. The lowest BCUT2D eigenvalue weighted by atomic mass is 10.2. The Bertz CT molecular complexity index is 570. The van der Waals surface area contributed by atoms with Crippen LogP contribution < -0.4 is 0 Å². The van der Waals surface area contributed by atoms with Gasteiger partial charge in [0, 0.05) is 6.54 Å². The molecule has 19 heavy (non-hydrogen) atoms. The fraction of sp³-hybridized carbons (Fsp3) is 0.500. The van der Waals surface area contributed by atoms with E-state index in [9.17, 15) is 13.2 Å². The van der Waals surface area contributed by atoms with Crippen molar-refractivity contribution in [1.82, 2.24) is 4.31 Å². The van der Waals surface area contributed by atoms with Crippen LogP contribution in [0.1, 0.15) is 6.42 Å². The summed E-state index contributed by atoms with van der Waals surface area (Å²) in [6.45, 7) is 0.460. The molecule has 2 rings (SSSR count). The van der Waals surface area contributed by atoms with Crippen LogP contribution in [0.3, 0.4) is 0 Å². The molecular formula is C10H12ClNO5S2. The Labute approximate surface area is 119 Å². The molecule has 1 atom stereocenters. The second-order valence-electron chi connectivity index (χ2n) is 4.00. The number of aliphatic carboxylic acids is 1. The molecule has 1 aromatic rings. The van der Waals surface area contributed by atoms with E-state index < -0.39 is 22.0 Å². The number of nitrogens with zero attached hydrogens (tertiary/aromatic N) is 1. The van der Waals surface area contributed by atoms with Crippen molar-refractivity contribution in [3.63, 3.8) is 0 Å². The van der Waals surface area contributed by atoms with Crippen molar-refractivity contribution in [3.05, 3.63) is 16.5 Å². The Morgan fingerprint density at radius 1 is 1.63 bits per heavy atom. The van der Waals surface area contributed by atoms with Crippen LogP contribution in [0.2, 0.25) is 5.02 Å². The average Bonchev–Trinajstić information content (AvgIpc) is 2.76. The summed E-state index contributed by atoms with van der Waals surface area (Å²) in [6.07, 6.45) is -0.289. The lowest BCUT2D eigenvalue weighted by Gasteiger charge is -2.33. The molecule has 0 aromatic carbocycles. The zero-order valence-electron chi connectivity index (χ0n) is 9.78. The van der Waals surface area contributed by atoms with Crippen LogP contribution in [-0.2, 0) is 19.6 Å². The van der Waals surface area contributed by atoms with E-state index >= 15 is 0 Å². The highest BCUT2D eigenvalue weighted by molar-refractivity contribution is 7.91. The van der Waals surface area contributed by atoms with Gasteiger partial charge in [-0.1, -0.05) is 11.6 Å². The predicted octanol–water partition coefficient (Wildman–Crippen LogP) is 1.27. The normalized spacial score (nSPS) is 21.4. The molecule has 0 radical (unpaired) electrons. The third-order valence-electron chi connectivity index (χ3n) is 2.71. The van der Waals surface area contributed by atoms with Gasteiger partial charge in [0.25, 0.3) is 10.0 Å². The van der Waals surface area contributed by atoms with Gasteiger partial charge in [0.15, 0.2) is 4.21 Å². The Hall–Kier alpha value is -0.670. The molecule has 0 spiro atoms. The van der Waals surface area contributed by atoms with Gasteiger partial charge in [0.1, 0.15) is 0 Å². The number of halogens is 1. The first-order valence-corrected chi connectivity index (χ1v) is 8.17. The quantitative estimate of drug-likeness (QED) is 0.901. The summed E-state index contributed by atoms with van der Waals surface area (Å²) in [5.74, 6) is -1.06. The summed E-state index contributed by atoms with van der Waals surface area (Å²) in [5, 5.41) is 10.6. The standard InChI is InChI=1S/C10H12ClNO5S2/c11-8-1-4-18-10(8)19(15,16)12-2-3-17-6-7(12)5-9(13)14/h1,4,7H,2-3,5-6H2,(H,13,14).